The van der Waals surface area contributed by atoms with Crippen molar-refractivity contribution >= 4 is 15.9 Å². The molecule has 0 aromatic heterocycles. The molecule has 0 unspecified atom stereocenters. The van der Waals surface area contributed by atoms with Crippen LogP contribution in [0.5, 0.6) is 5.75 Å². The van der Waals surface area contributed by atoms with Gasteiger partial charge in [0, 0.05) is 25.4 Å². The predicted octanol–water partition coefficient (Wildman–Crippen LogP) is 3.68. The molecule has 5 heteroatoms. The lowest BCUT2D eigenvalue weighted by Gasteiger charge is -2.32. The van der Waals surface area contributed by atoms with Gasteiger partial charge in [-0.1, -0.05) is 0 Å². The van der Waals surface area contributed by atoms with Gasteiger partial charge in [-0.25, -0.2) is 0 Å². The van der Waals surface area contributed by atoms with Gasteiger partial charge in [-0.05, 0) is 54.9 Å². The Balaban J connectivity index is 3.18. The topological polar surface area (TPSA) is 36.9 Å². The number of hydrogen-bond acceptors (Lipinski definition) is 4. The van der Waals surface area contributed by atoms with Crippen molar-refractivity contribution in [2.75, 3.05) is 26.9 Å². The smallest absolute Gasteiger partial charge is 0.312 e. The predicted molar refractivity (Wildman–Crippen MR) is 77.3 cm³/mol. The Labute approximate surface area is 123 Å². The fourth-order valence-electron chi connectivity index (χ4n) is 1.80. The minimum absolute atomic E-state index is 0.490. The lowest BCUT2D eigenvalue weighted by Crippen LogP contribution is -2.36. The van der Waals surface area contributed by atoms with Crippen molar-refractivity contribution in [3.8, 4) is 5.75 Å². The second-order valence-corrected chi connectivity index (χ2v) is 4.56. The van der Waals surface area contributed by atoms with E-state index in [1.807, 2.05) is 39.0 Å². The first kappa shape index (κ1) is 16.4. The molecule has 0 fully saturated rings. The van der Waals surface area contributed by atoms with Crippen LogP contribution in [0.25, 0.3) is 0 Å². The third kappa shape index (κ3) is 3.92. The highest BCUT2D eigenvalue weighted by Crippen LogP contribution is 2.34. The Bertz CT molecular complexity index is 378. The molecule has 0 radical (unpaired) electrons. The van der Waals surface area contributed by atoms with E-state index in [0.29, 0.717) is 19.8 Å². The molecule has 0 saturated heterocycles. The molecule has 0 aliphatic heterocycles. The van der Waals surface area contributed by atoms with Gasteiger partial charge in [0.2, 0.25) is 0 Å². The first-order valence-electron chi connectivity index (χ1n) is 6.39. The van der Waals surface area contributed by atoms with Gasteiger partial charge >= 0.3 is 5.97 Å². The van der Waals surface area contributed by atoms with Crippen LogP contribution in [0.2, 0.25) is 0 Å². The Hall–Kier alpha value is -0.620. The summed E-state index contributed by atoms with van der Waals surface area (Å²) in [4.78, 5) is 0. The van der Waals surface area contributed by atoms with E-state index in [2.05, 4.69) is 15.9 Å². The van der Waals surface area contributed by atoms with Crippen molar-refractivity contribution in [3.05, 3.63) is 28.2 Å². The lowest BCUT2D eigenvalue weighted by molar-refractivity contribution is -0.389. The SMILES string of the molecule is CCOC(OCC)(OCC)c1ccc(OC)c(Br)c1. The fourth-order valence-corrected chi connectivity index (χ4v) is 2.34. The van der Waals surface area contributed by atoms with E-state index in [0.717, 1.165) is 15.8 Å². The van der Waals surface area contributed by atoms with E-state index in [-0.39, 0.29) is 0 Å². The third-order valence-corrected chi connectivity index (χ3v) is 3.13. The summed E-state index contributed by atoms with van der Waals surface area (Å²) in [5.74, 6) is -0.408. The third-order valence-electron chi connectivity index (χ3n) is 2.51. The van der Waals surface area contributed by atoms with Gasteiger partial charge in [-0.3, -0.25) is 0 Å². The van der Waals surface area contributed by atoms with Crippen LogP contribution >= 0.6 is 15.9 Å². The zero-order valence-corrected chi connectivity index (χ0v) is 13.5. The monoisotopic (exact) mass is 332 g/mol. The summed E-state index contributed by atoms with van der Waals surface area (Å²) in [7, 11) is 1.63. The standard InChI is InChI=1S/C14H21BrO4/c1-5-17-14(18-6-2,19-7-3)11-8-9-13(16-4)12(15)10-11/h8-10H,5-7H2,1-4H3. The normalized spacial score (nSPS) is 11.6. The second kappa shape index (κ2) is 7.85. The molecule has 0 bridgehead atoms. The molecule has 0 N–H and O–H groups in total. The van der Waals surface area contributed by atoms with Gasteiger partial charge in [-0.15, -0.1) is 0 Å². The average Bonchev–Trinajstić information content (AvgIpc) is 2.39. The summed E-state index contributed by atoms with van der Waals surface area (Å²) >= 11 is 3.46. The summed E-state index contributed by atoms with van der Waals surface area (Å²) in [6.45, 7) is 7.19. The van der Waals surface area contributed by atoms with Gasteiger partial charge in [-0.2, -0.15) is 0 Å². The van der Waals surface area contributed by atoms with Crippen molar-refractivity contribution in [2.24, 2.45) is 0 Å². The van der Waals surface area contributed by atoms with Crippen LogP contribution in [0, 0.1) is 0 Å². The summed E-state index contributed by atoms with van der Waals surface area (Å²) < 4.78 is 23.2. The van der Waals surface area contributed by atoms with Gasteiger partial charge < -0.3 is 18.9 Å². The quantitative estimate of drug-likeness (QED) is 0.680. The number of benzene rings is 1. The molecule has 0 aliphatic carbocycles. The van der Waals surface area contributed by atoms with Crippen molar-refractivity contribution in [1.29, 1.82) is 0 Å². The van der Waals surface area contributed by atoms with E-state index in [1.54, 1.807) is 7.11 Å². The summed E-state index contributed by atoms with van der Waals surface area (Å²) in [6, 6.07) is 5.62. The van der Waals surface area contributed by atoms with Crippen LogP contribution in [0.1, 0.15) is 26.3 Å². The zero-order valence-electron chi connectivity index (χ0n) is 11.9. The van der Waals surface area contributed by atoms with E-state index in [4.69, 9.17) is 18.9 Å². The summed E-state index contributed by atoms with van der Waals surface area (Å²) in [5.41, 5.74) is 0.797. The van der Waals surface area contributed by atoms with Gasteiger partial charge in [0.05, 0.1) is 11.6 Å². The number of ether oxygens (including phenoxy) is 4. The van der Waals surface area contributed by atoms with Crippen molar-refractivity contribution < 1.29 is 18.9 Å². The first-order chi connectivity index (χ1) is 9.13. The highest BCUT2D eigenvalue weighted by atomic mass is 79.9. The van der Waals surface area contributed by atoms with Crippen LogP contribution in [0.3, 0.4) is 0 Å². The van der Waals surface area contributed by atoms with Crippen molar-refractivity contribution in [3.63, 3.8) is 0 Å². The molecule has 0 amide bonds. The molecule has 4 nitrogen and oxygen atoms in total. The molecule has 1 aromatic rings. The first-order valence-corrected chi connectivity index (χ1v) is 7.18. The number of hydrogen-bond donors (Lipinski definition) is 0. The molecule has 0 aliphatic rings. The number of rotatable bonds is 8. The highest BCUT2D eigenvalue weighted by molar-refractivity contribution is 9.10. The Morgan fingerprint density at radius 1 is 1.00 bits per heavy atom. The molecule has 0 saturated carbocycles. The molecule has 19 heavy (non-hydrogen) atoms. The Morgan fingerprint density at radius 2 is 1.53 bits per heavy atom. The molecular formula is C14H21BrO4. The summed E-state index contributed by atoms with van der Waals surface area (Å²) in [5, 5.41) is 0. The van der Waals surface area contributed by atoms with Crippen LogP contribution in [-0.4, -0.2) is 26.9 Å². The zero-order chi connectivity index (χ0) is 14.3. The van der Waals surface area contributed by atoms with E-state index in [1.165, 1.54) is 0 Å². The average molecular weight is 333 g/mol. The molecule has 108 valence electrons. The Morgan fingerprint density at radius 3 is 1.89 bits per heavy atom. The molecule has 0 atom stereocenters. The summed E-state index contributed by atoms with van der Waals surface area (Å²) in [6.07, 6.45) is 0. The minimum atomic E-state index is -1.16. The van der Waals surface area contributed by atoms with E-state index >= 15 is 0 Å². The maximum absolute atomic E-state index is 5.72. The van der Waals surface area contributed by atoms with Crippen LogP contribution in [0.4, 0.5) is 0 Å². The van der Waals surface area contributed by atoms with Crippen LogP contribution < -0.4 is 4.74 Å². The van der Waals surface area contributed by atoms with Crippen LogP contribution in [0.15, 0.2) is 22.7 Å². The molecule has 1 aromatic carbocycles. The van der Waals surface area contributed by atoms with Gasteiger partial charge in [0.15, 0.2) is 0 Å². The van der Waals surface area contributed by atoms with Crippen LogP contribution in [-0.2, 0) is 20.2 Å². The molecule has 1 rings (SSSR count). The number of halogens is 1. The fraction of sp³-hybridized carbons (Fsp3) is 0.571. The largest absolute Gasteiger partial charge is 0.496 e. The molecule has 0 spiro atoms. The molecular weight excluding hydrogens is 312 g/mol. The Kier molecular flexibility index (Phi) is 6.79. The number of methoxy groups -OCH3 is 1. The lowest BCUT2D eigenvalue weighted by atomic mass is 10.1. The van der Waals surface area contributed by atoms with Gasteiger partial charge in [0.25, 0.3) is 0 Å². The highest BCUT2D eigenvalue weighted by Gasteiger charge is 2.35. The minimum Gasteiger partial charge on any atom is -0.496 e. The molecule has 0 heterocycles. The maximum atomic E-state index is 5.72. The van der Waals surface area contributed by atoms with E-state index < -0.39 is 5.97 Å². The van der Waals surface area contributed by atoms with E-state index in [9.17, 15) is 0 Å². The maximum Gasteiger partial charge on any atom is 0.312 e. The van der Waals surface area contributed by atoms with Gasteiger partial charge in [0.1, 0.15) is 5.75 Å². The van der Waals surface area contributed by atoms with Crippen molar-refractivity contribution in [1.82, 2.24) is 0 Å². The second-order valence-electron chi connectivity index (χ2n) is 3.70. The van der Waals surface area contributed by atoms with Crippen molar-refractivity contribution in [2.45, 2.75) is 26.7 Å².